The van der Waals surface area contributed by atoms with Gasteiger partial charge in [0.15, 0.2) is 5.82 Å². The SMILES string of the molecule is CCCc1cc(N2CCC(NCC)C2)nc(C2(N)C=CC(N)=C(C(F)(F)F)C2)n1. The van der Waals surface area contributed by atoms with Gasteiger partial charge in [0.2, 0.25) is 0 Å². The molecule has 1 aliphatic carbocycles. The highest BCUT2D eigenvalue weighted by atomic mass is 19.4. The molecule has 1 aromatic heterocycles. The molecule has 1 aromatic rings. The molecule has 2 atom stereocenters. The number of allylic oxidation sites excluding steroid dienone is 1. The Kier molecular flexibility index (Phi) is 6.19. The van der Waals surface area contributed by atoms with E-state index in [4.69, 9.17) is 11.5 Å². The number of hydrogen-bond donors (Lipinski definition) is 3. The average molecular weight is 410 g/mol. The number of anilines is 1. The number of alkyl halides is 3. The number of nitrogens with two attached hydrogens (primary N) is 2. The molecule has 6 nitrogen and oxygen atoms in total. The lowest BCUT2D eigenvalue weighted by molar-refractivity contribution is -0.0964. The zero-order valence-corrected chi connectivity index (χ0v) is 16.9. The van der Waals surface area contributed by atoms with Crippen molar-refractivity contribution < 1.29 is 13.2 Å². The van der Waals surface area contributed by atoms with Gasteiger partial charge >= 0.3 is 6.18 Å². The molecule has 2 aliphatic rings. The predicted octanol–water partition coefficient (Wildman–Crippen LogP) is 2.51. The van der Waals surface area contributed by atoms with Gasteiger partial charge in [-0.1, -0.05) is 26.3 Å². The number of likely N-dealkylation sites (N-methyl/N-ethyl adjacent to an activating group) is 1. The Balaban J connectivity index is 1.95. The van der Waals surface area contributed by atoms with Gasteiger partial charge in [0.25, 0.3) is 0 Å². The maximum atomic E-state index is 13.4. The first-order valence-corrected chi connectivity index (χ1v) is 10.1. The largest absolute Gasteiger partial charge is 0.414 e. The number of nitrogens with zero attached hydrogens (tertiary/aromatic N) is 3. The van der Waals surface area contributed by atoms with Crippen molar-refractivity contribution in [3.63, 3.8) is 0 Å². The lowest BCUT2D eigenvalue weighted by atomic mass is 9.85. The molecule has 0 spiro atoms. The standard InChI is InChI=1S/C20H29F3N6/c1-3-5-13-10-17(29-9-7-14(12-29)26-4-2)28-18(27-13)19(25)8-6-16(24)15(11-19)20(21,22)23/h6,8,10,14,26H,3-5,7,9,11-12,24-25H2,1-2H3. The van der Waals surface area contributed by atoms with E-state index in [1.807, 2.05) is 13.0 Å². The molecule has 0 radical (unpaired) electrons. The third-order valence-corrected chi connectivity index (χ3v) is 5.41. The van der Waals surface area contributed by atoms with E-state index in [9.17, 15) is 13.2 Å². The van der Waals surface area contributed by atoms with Crippen LogP contribution in [0.1, 0.15) is 44.6 Å². The second kappa shape index (κ2) is 8.31. The van der Waals surface area contributed by atoms with Crippen LogP contribution in [-0.4, -0.2) is 41.8 Å². The second-order valence-electron chi connectivity index (χ2n) is 7.76. The highest BCUT2D eigenvalue weighted by Gasteiger charge is 2.44. The summed E-state index contributed by atoms with van der Waals surface area (Å²) < 4.78 is 40.2. The lowest BCUT2D eigenvalue weighted by Gasteiger charge is -2.31. The van der Waals surface area contributed by atoms with Crippen LogP contribution in [0.2, 0.25) is 0 Å². The summed E-state index contributed by atoms with van der Waals surface area (Å²) in [6.07, 6.45) is 0.240. The number of nitrogens with one attached hydrogen (secondary N) is 1. The van der Waals surface area contributed by atoms with E-state index in [0.717, 1.165) is 38.2 Å². The molecule has 0 bridgehead atoms. The number of aromatic nitrogens is 2. The van der Waals surface area contributed by atoms with Gasteiger partial charge < -0.3 is 21.7 Å². The van der Waals surface area contributed by atoms with Crippen molar-refractivity contribution >= 4 is 5.82 Å². The Morgan fingerprint density at radius 3 is 2.72 bits per heavy atom. The fraction of sp³-hybridized carbons (Fsp3) is 0.600. The maximum Gasteiger partial charge on any atom is 0.414 e. The summed E-state index contributed by atoms with van der Waals surface area (Å²) in [6.45, 7) is 6.61. The van der Waals surface area contributed by atoms with Gasteiger partial charge in [0, 0.05) is 43.0 Å². The van der Waals surface area contributed by atoms with Crippen molar-refractivity contribution in [2.75, 3.05) is 24.5 Å². The van der Waals surface area contributed by atoms with E-state index in [0.29, 0.717) is 18.3 Å². The molecular formula is C20H29F3N6. The van der Waals surface area contributed by atoms with Gasteiger partial charge in [0.1, 0.15) is 5.82 Å². The molecule has 0 aromatic carbocycles. The van der Waals surface area contributed by atoms with E-state index in [1.54, 1.807) is 0 Å². The normalized spacial score (nSPS) is 25.2. The smallest absolute Gasteiger partial charge is 0.399 e. The van der Waals surface area contributed by atoms with Crippen LogP contribution in [0.4, 0.5) is 19.0 Å². The molecule has 0 saturated carbocycles. The van der Waals surface area contributed by atoms with Crippen LogP contribution in [0.5, 0.6) is 0 Å². The molecule has 29 heavy (non-hydrogen) atoms. The van der Waals surface area contributed by atoms with Crippen LogP contribution in [0.3, 0.4) is 0 Å². The zero-order chi connectivity index (χ0) is 21.2. The first-order chi connectivity index (χ1) is 13.7. The average Bonchev–Trinajstić information content (AvgIpc) is 3.12. The van der Waals surface area contributed by atoms with Crippen molar-refractivity contribution in [2.45, 2.75) is 57.3 Å². The molecule has 9 heteroatoms. The molecule has 1 aliphatic heterocycles. The van der Waals surface area contributed by atoms with Crippen molar-refractivity contribution in [3.05, 3.63) is 41.0 Å². The Hall–Kier alpha value is -2.13. The van der Waals surface area contributed by atoms with Crippen LogP contribution in [0.15, 0.2) is 29.5 Å². The van der Waals surface area contributed by atoms with Crippen LogP contribution in [0, 0.1) is 0 Å². The molecule has 3 rings (SSSR count). The molecular weight excluding hydrogens is 381 g/mol. The van der Waals surface area contributed by atoms with E-state index < -0.39 is 23.7 Å². The van der Waals surface area contributed by atoms with Crippen LogP contribution in [-0.2, 0) is 12.0 Å². The molecule has 5 N–H and O–H groups in total. The Bertz CT molecular complexity index is 804. The van der Waals surface area contributed by atoms with Gasteiger partial charge in [-0.05, 0) is 25.5 Å². The summed E-state index contributed by atoms with van der Waals surface area (Å²) in [5, 5.41) is 3.43. The third-order valence-electron chi connectivity index (χ3n) is 5.41. The minimum absolute atomic E-state index is 0.204. The fourth-order valence-electron chi connectivity index (χ4n) is 3.87. The number of hydrogen-bond acceptors (Lipinski definition) is 6. The molecule has 2 unspecified atom stereocenters. The topological polar surface area (TPSA) is 93.1 Å². The molecule has 2 heterocycles. The first-order valence-electron chi connectivity index (χ1n) is 10.1. The summed E-state index contributed by atoms with van der Waals surface area (Å²) in [5.74, 6) is 0.920. The Morgan fingerprint density at radius 1 is 1.31 bits per heavy atom. The number of halogens is 3. The quantitative estimate of drug-likeness (QED) is 0.667. The minimum Gasteiger partial charge on any atom is -0.399 e. The summed E-state index contributed by atoms with van der Waals surface area (Å²) >= 11 is 0. The Morgan fingerprint density at radius 2 is 2.07 bits per heavy atom. The highest BCUT2D eigenvalue weighted by Crippen LogP contribution is 2.39. The minimum atomic E-state index is -4.54. The fourth-order valence-corrected chi connectivity index (χ4v) is 3.87. The van der Waals surface area contributed by atoms with Gasteiger partial charge in [-0.2, -0.15) is 13.2 Å². The summed E-state index contributed by atoms with van der Waals surface area (Å²) in [7, 11) is 0. The molecule has 0 amide bonds. The van der Waals surface area contributed by atoms with Crippen molar-refractivity contribution in [1.29, 1.82) is 0 Å². The summed E-state index contributed by atoms with van der Waals surface area (Å²) in [6, 6.07) is 2.29. The van der Waals surface area contributed by atoms with Gasteiger partial charge in [0.05, 0.1) is 11.1 Å². The summed E-state index contributed by atoms with van der Waals surface area (Å²) in [5.41, 5.74) is 10.2. The monoisotopic (exact) mass is 410 g/mol. The van der Waals surface area contributed by atoms with Crippen LogP contribution < -0.4 is 21.7 Å². The maximum absolute atomic E-state index is 13.4. The van der Waals surface area contributed by atoms with Gasteiger partial charge in [-0.25, -0.2) is 9.97 Å². The third kappa shape index (κ3) is 4.72. The highest BCUT2D eigenvalue weighted by molar-refractivity contribution is 5.45. The zero-order valence-electron chi connectivity index (χ0n) is 16.9. The summed E-state index contributed by atoms with van der Waals surface area (Å²) in [4.78, 5) is 11.3. The molecule has 160 valence electrons. The predicted molar refractivity (Wildman–Crippen MR) is 107 cm³/mol. The Labute approximate surface area is 169 Å². The van der Waals surface area contributed by atoms with Crippen molar-refractivity contribution in [3.8, 4) is 0 Å². The molecule has 1 saturated heterocycles. The van der Waals surface area contributed by atoms with E-state index in [-0.39, 0.29) is 11.5 Å². The molecule has 1 fully saturated rings. The van der Waals surface area contributed by atoms with Crippen molar-refractivity contribution in [2.24, 2.45) is 11.5 Å². The van der Waals surface area contributed by atoms with E-state index >= 15 is 0 Å². The second-order valence-corrected chi connectivity index (χ2v) is 7.76. The van der Waals surface area contributed by atoms with Crippen LogP contribution >= 0.6 is 0 Å². The van der Waals surface area contributed by atoms with Crippen molar-refractivity contribution in [1.82, 2.24) is 15.3 Å². The first kappa shape index (κ1) is 21.6. The van der Waals surface area contributed by atoms with Gasteiger partial charge in [-0.15, -0.1) is 0 Å². The van der Waals surface area contributed by atoms with Crippen LogP contribution in [0.25, 0.3) is 0 Å². The number of rotatable bonds is 6. The van der Waals surface area contributed by atoms with E-state index in [2.05, 4.69) is 27.1 Å². The van der Waals surface area contributed by atoms with E-state index in [1.165, 1.54) is 12.2 Å². The van der Waals surface area contributed by atoms with Gasteiger partial charge in [-0.3, -0.25) is 0 Å². The lowest BCUT2D eigenvalue weighted by Crippen LogP contribution is -2.42. The number of aryl methyl sites for hydroxylation is 1.